The topological polar surface area (TPSA) is 89.8 Å². The van der Waals surface area contributed by atoms with Crippen LogP contribution in [0.15, 0.2) is 36.5 Å². The molecule has 0 saturated heterocycles. The lowest BCUT2D eigenvalue weighted by molar-refractivity contribution is -0.124. The van der Waals surface area contributed by atoms with Gasteiger partial charge < -0.3 is 20.6 Å². The summed E-state index contributed by atoms with van der Waals surface area (Å²) in [6, 6.07) is -0.763. The van der Waals surface area contributed by atoms with Gasteiger partial charge in [-0.3, -0.25) is 4.79 Å². The number of unbranched alkanes of at least 4 members (excludes halogenated alkanes) is 21. The van der Waals surface area contributed by atoms with Gasteiger partial charge in [-0.1, -0.05) is 179 Å². The predicted octanol–water partition coefficient (Wildman–Crippen LogP) is 10.4. The zero-order chi connectivity index (χ0) is 33.1. The first-order chi connectivity index (χ1) is 22.0. The Morgan fingerprint density at radius 1 is 0.556 bits per heavy atom. The number of carbonyl (C=O) groups is 1. The van der Waals surface area contributed by atoms with Crippen molar-refractivity contribution in [2.45, 2.75) is 205 Å². The Bertz CT molecular complexity index is 704. The Labute approximate surface area is 279 Å². The van der Waals surface area contributed by atoms with Crippen LogP contribution in [-0.2, 0) is 4.79 Å². The molecular formula is C40H75NO4. The van der Waals surface area contributed by atoms with Crippen molar-refractivity contribution in [2.24, 2.45) is 0 Å². The molecule has 1 amide bonds. The molecule has 0 aliphatic heterocycles. The minimum Gasteiger partial charge on any atom is -0.394 e. The van der Waals surface area contributed by atoms with E-state index in [-0.39, 0.29) is 18.9 Å². The molecule has 0 rings (SSSR count). The van der Waals surface area contributed by atoms with Gasteiger partial charge in [0.2, 0.25) is 5.91 Å². The number of aliphatic hydroxyl groups is 3. The highest BCUT2D eigenvalue weighted by Gasteiger charge is 2.20. The van der Waals surface area contributed by atoms with Gasteiger partial charge in [0.1, 0.15) is 0 Å². The van der Waals surface area contributed by atoms with E-state index in [4.69, 9.17) is 0 Å². The fourth-order valence-corrected chi connectivity index (χ4v) is 5.65. The minimum atomic E-state index is -0.955. The summed E-state index contributed by atoms with van der Waals surface area (Å²) >= 11 is 0. The van der Waals surface area contributed by atoms with Gasteiger partial charge in [-0.2, -0.15) is 0 Å². The molecule has 0 spiro atoms. The highest BCUT2D eigenvalue weighted by molar-refractivity contribution is 5.76. The molecular weight excluding hydrogens is 558 g/mol. The van der Waals surface area contributed by atoms with Gasteiger partial charge in [0, 0.05) is 0 Å². The number of rotatable bonds is 34. The maximum absolute atomic E-state index is 12.4. The number of carbonyl (C=O) groups excluding carboxylic acids is 1. The van der Waals surface area contributed by atoms with E-state index in [2.05, 4.69) is 43.5 Å². The molecule has 5 heteroatoms. The van der Waals surface area contributed by atoms with Crippen molar-refractivity contribution < 1.29 is 20.1 Å². The molecule has 0 aromatic carbocycles. The Kier molecular flexibility index (Phi) is 34.3. The number of hydrogen-bond donors (Lipinski definition) is 4. The molecule has 264 valence electrons. The largest absolute Gasteiger partial charge is 0.394 e. The fourth-order valence-electron chi connectivity index (χ4n) is 5.65. The molecule has 4 N–H and O–H groups in total. The first kappa shape index (κ1) is 43.6. The van der Waals surface area contributed by atoms with Gasteiger partial charge in [0.15, 0.2) is 0 Å². The van der Waals surface area contributed by atoms with E-state index >= 15 is 0 Å². The van der Waals surface area contributed by atoms with Crippen molar-refractivity contribution in [3.63, 3.8) is 0 Å². The molecule has 0 aromatic rings. The molecule has 0 radical (unpaired) electrons. The number of hydrogen-bond acceptors (Lipinski definition) is 4. The second kappa shape index (κ2) is 35.4. The van der Waals surface area contributed by atoms with Gasteiger partial charge in [0.05, 0.1) is 31.3 Å². The lowest BCUT2D eigenvalue weighted by Crippen LogP contribution is -2.45. The van der Waals surface area contributed by atoms with Gasteiger partial charge in [-0.25, -0.2) is 0 Å². The van der Waals surface area contributed by atoms with E-state index in [0.717, 1.165) is 38.5 Å². The highest BCUT2D eigenvalue weighted by Crippen LogP contribution is 2.15. The van der Waals surface area contributed by atoms with Crippen LogP contribution in [0.25, 0.3) is 0 Å². The molecule has 0 fully saturated rings. The molecule has 5 nitrogen and oxygen atoms in total. The van der Waals surface area contributed by atoms with E-state index in [1.165, 1.54) is 122 Å². The Morgan fingerprint density at radius 3 is 1.40 bits per heavy atom. The van der Waals surface area contributed by atoms with E-state index in [1.54, 1.807) is 6.08 Å². The van der Waals surface area contributed by atoms with Crippen molar-refractivity contribution >= 4 is 5.91 Å². The van der Waals surface area contributed by atoms with Crippen LogP contribution in [0.1, 0.15) is 187 Å². The second-order valence-corrected chi connectivity index (χ2v) is 13.2. The maximum Gasteiger partial charge on any atom is 0.222 e. The summed E-state index contributed by atoms with van der Waals surface area (Å²) in [5.41, 5.74) is 0. The maximum atomic E-state index is 12.4. The number of amides is 1. The van der Waals surface area contributed by atoms with Gasteiger partial charge >= 0.3 is 0 Å². The molecule has 0 aromatic heterocycles. The summed E-state index contributed by atoms with van der Waals surface area (Å²) in [5, 5.41) is 33.0. The highest BCUT2D eigenvalue weighted by atomic mass is 16.3. The smallest absolute Gasteiger partial charge is 0.222 e. The summed E-state index contributed by atoms with van der Waals surface area (Å²) in [6.07, 6.45) is 42.8. The average molecular weight is 634 g/mol. The van der Waals surface area contributed by atoms with Crippen molar-refractivity contribution in [2.75, 3.05) is 6.61 Å². The van der Waals surface area contributed by atoms with Gasteiger partial charge in [-0.05, 0) is 38.5 Å². The third-order valence-corrected chi connectivity index (χ3v) is 8.66. The molecule has 0 saturated carbocycles. The molecule has 0 aliphatic carbocycles. The third kappa shape index (κ3) is 32.3. The lowest BCUT2D eigenvalue weighted by atomic mass is 10.0. The number of aliphatic hydroxyl groups excluding tert-OH is 3. The molecule has 0 aliphatic rings. The van der Waals surface area contributed by atoms with Gasteiger partial charge in [0.25, 0.3) is 0 Å². The van der Waals surface area contributed by atoms with Crippen LogP contribution in [0.3, 0.4) is 0 Å². The van der Waals surface area contributed by atoms with Crippen molar-refractivity contribution in [3.05, 3.63) is 36.5 Å². The minimum absolute atomic E-state index is 0.00444. The SMILES string of the molecule is CCCC/C=C/CC/C=C/CC/C=C/C(O)C(CO)NC(=O)CC(O)CCCCCCCCCCCCCCCCCCCC. The first-order valence-corrected chi connectivity index (χ1v) is 19.3. The summed E-state index contributed by atoms with van der Waals surface area (Å²) in [5.74, 6) is -0.330. The second-order valence-electron chi connectivity index (χ2n) is 13.2. The molecule has 0 bridgehead atoms. The molecule has 45 heavy (non-hydrogen) atoms. The van der Waals surface area contributed by atoms with Crippen LogP contribution >= 0.6 is 0 Å². The quantitative estimate of drug-likeness (QED) is 0.0419. The molecule has 0 heterocycles. The van der Waals surface area contributed by atoms with E-state index in [1.807, 2.05) is 6.08 Å². The van der Waals surface area contributed by atoms with Crippen LogP contribution < -0.4 is 5.32 Å². The van der Waals surface area contributed by atoms with Crippen molar-refractivity contribution in [1.29, 1.82) is 0 Å². The summed E-state index contributed by atoms with van der Waals surface area (Å²) < 4.78 is 0. The third-order valence-electron chi connectivity index (χ3n) is 8.66. The van der Waals surface area contributed by atoms with Crippen molar-refractivity contribution in [1.82, 2.24) is 5.32 Å². The van der Waals surface area contributed by atoms with E-state index in [9.17, 15) is 20.1 Å². The van der Waals surface area contributed by atoms with Crippen LogP contribution in [0.4, 0.5) is 0 Å². The van der Waals surface area contributed by atoms with Crippen molar-refractivity contribution in [3.8, 4) is 0 Å². The zero-order valence-electron chi connectivity index (χ0n) is 29.7. The van der Waals surface area contributed by atoms with Crippen LogP contribution in [0.2, 0.25) is 0 Å². The van der Waals surface area contributed by atoms with E-state index in [0.29, 0.717) is 6.42 Å². The van der Waals surface area contributed by atoms with Gasteiger partial charge in [-0.15, -0.1) is 0 Å². The predicted molar refractivity (Wildman–Crippen MR) is 194 cm³/mol. The Hall–Kier alpha value is -1.43. The van der Waals surface area contributed by atoms with Crippen LogP contribution in [0, 0.1) is 0 Å². The van der Waals surface area contributed by atoms with Crippen LogP contribution in [-0.4, -0.2) is 46.1 Å². The lowest BCUT2D eigenvalue weighted by Gasteiger charge is -2.21. The average Bonchev–Trinajstić information content (AvgIpc) is 3.03. The number of nitrogens with one attached hydrogen (secondary N) is 1. The number of allylic oxidation sites excluding steroid dienone is 5. The van der Waals surface area contributed by atoms with Crippen LogP contribution in [0.5, 0.6) is 0 Å². The Balaban J connectivity index is 3.72. The molecule has 3 atom stereocenters. The summed E-state index contributed by atoms with van der Waals surface area (Å²) in [4.78, 5) is 12.4. The first-order valence-electron chi connectivity index (χ1n) is 19.3. The summed E-state index contributed by atoms with van der Waals surface area (Å²) in [7, 11) is 0. The fraction of sp³-hybridized carbons (Fsp3) is 0.825. The molecule has 3 unspecified atom stereocenters. The summed E-state index contributed by atoms with van der Waals surface area (Å²) in [6.45, 7) is 4.14. The zero-order valence-corrected chi connectivity index (χ0v) is 29.7. The normalized spacial score (nSPS) is 14.2. The Morgan fingerprint density at radius 2 is 0.956 bits per heavy atom. The van der Waals surface area contributed by atoms with E-state index < -0.39 is 18.2 Å². The monoisotopic (exact) mass is 634 g/mol. The standard InChI is InChI=1S/C40H75NO4/c1-3-5-7-9-11-13-15-17-18-19-20-21-22-23-25-27-29-31-33-37(43)35-40(45)41-38(36-42)39(44)34-32-30-28-26-24-16-14-12-10-8-6-4-2/h10,12,24,26,32,34,37-39,42-44H,3-9,11,13-23,25,27-31,33,35-36H2,1-2H3,(H,41,45)/b12-10+,26-24+,34-32+.